The molecule has 208 valence electrons. The van der Waals surface area contributed by atoms with Crippen LogP contribution in [0.3, 0.4) is 0 Å². The molecule has 0 spiro atoms. The predicted molar refractivity (Wildman–Crippen MR) is 156 cm³/mol. The first-order chi connectivity index (χ1) is 18.0. The summed E-state index contributed by atoms with van der Waals surface area (Å²) in [6, 6.07) is 0. The van der Waals surface area contributed by atoms with Crippen LogP contribution in [0.2, 0.25) is 0 Å². The number of aliphatic hydroxyl groups excluding tert-OH is 3. The van der Waals surface area contributed by atoms with Gasteiger partial charge in [0.1, 0.15) is 5.01 Å². The molecule has 0 radical (unpaired) electrons. The van der Waals surface area contributed by atoms with Gasteiger partial charge in [0.2, 0.25) is 0 Å². The monoisotopic (exact) mass is 537 g/mol. The second kappa shape index (κ2) is 10.5. The third-order valence-electron chi connectivity index (χ3n) is 10.5. The molecular weight excluding hydrogens is 490 g/mol. The molecule has 4 nitrogen and oxygen atoms in total. The smallest absolute Gasteiger partial charge is 0.102 e. The lowest BCUT2D eigenvalue weighted by atomic mass is 9.57. The average Bonchev–Trinajstić information content (AvgIpc) is 3.38. The number of aryl methyl sites for hydroxylation is 1. The van der Waals surface area contributed by atoms with E-state index >= 15 is 0 Å². The van der Waals surface area contributed by atoms with Crippen molar-refractivity contribution in [1.29, 1.82) is 0 Å². The third kappa shape index (κ3) is 5.05. The Kier molecular flexibility index (Phi) is 7.71. The summed E-state index contributed by atoms with van der Waals surface area (Å²) in [4.78, 5) is 4.82. The Labute approximate surface area is 233 Å². The number of thiazole rings is 1. The molecule has 0 aromatic carbocycles. The molecule has 4 aliphatic carbocycles. The van der Waals surface area contributed by atoms with Crippen LogP contribution >= 0.6 is 11.3 Å². The van der Waals surface area contributed by atoms with Gasteiger partial charge in [-0.2, -0.15) is 0 Å². The van der Waals surface area contributed by atoms with Crippen molar-refractivity contribution in [2.75, 3.05) is 0 Å². The Bertz CT molecular complexity index is 1140. The molecule has 4 saturated carbocycles. The molecule has 3 N–H and O–H groups in total. The van der Waals surface area contributed by atoms with Crippen molar-refractivity contribution in [3.63, 3.8) is 0 Å². The Morgan fingerprint density at radius 3 is 2.66 bits per heavy atom. The van der Waals surface area contributed by atoms with Gasteiger partial charge < -0.3 is 15.3 Å². The maximum Gasteiger partial charge on any atom is 0.102 e. The van der Waals surface area contributed by atoms with Gasteiger partial charge in [-0.25, -0.2) is 4.98 Å². The van der Waals surface area contributed by atoms with Crippen LogP contribution in [0.15, 0.2) is 53.0 Å². The van der Waals surface area contributed by atoms with Gasteiger partial charge in [-0.15, -0.1) is 11.3 Å². The van der Waals surface area contributed by atoms with Crippen LogP contribution in [-0.2, 0) is 11.8 Å². The van der Waals surface area contributed by atoms with E-state index in [1.54, 1.807) is 11.3 Å². The zero-order valence-corrected chi connectivity index (χ0v) is 24.6. The highest BCUT2D eigenvalue weighted by molar-refractivity contribution is 7.09. The number of aliphatic hydroxyl groups is 3. The van der Waals surface area contributed by atoms with Gasteiger partial charge in [0.05, 0.1) is 29.4 Å². The summed E-state index contributed by atoms with van der Waals surface area (Å²) in [7, 11) is 0. The molecule has 38 heavy (non-hydrogen) atoms. The van der Waals surface area contributed by atoms with Crippen LogP contribution in [0.25, 0.3) is 0 Å². The quantitative estimate of drug-likeness (QED) is 0.334. The highest BCUT2D eigenvalue weighted by Crippen LogP contribution is 2.62. The van der Waals surface area contributed by atoms with E-state index in [-0.39, 0.29) is 16.2 Å². The lowest BCUT2D eigenvalue weighted by Crippen LogP contribution is -2.39. The van der Waals surface area contributed by atoms with E-state index in [2.05, 4.69) is 64.0 Å². The van der Waals surface area contributed by atoms with Gasteiger partial charge in [0.15, 0.2) is 0 Å². The van der Waals surface area contributed by atoms with Gasteiger partial charge in [0, 0.05) is 11.8 Å². The molecule has 0 bridgehead atoms. The van der Waals surface area contributed by atoms with E-state index in [0.717, 1.165) is 47.5 Å². The fraction of sp³-hybridized carbons (Fsp3) is 0.667. The summed E-state index contributed by atoms with van der Waals surface area (Å²) in [5.74, 6) is 1.11. The fourth-order valence-electron chi connectivity index (χ4n) is 8.04. The Hall–Kier alpha value is -1.53. The minimum atomic E-state index is -0.641. The first-order valence-electron chi connectivity index (χ1n) is 14.8. The Balaban J connectivity index is 1.32. The van der Waals surface area contributed by atoms with Crippen molar-refractivity contribution in [2.24, 2.45) is 22.7 Å². The summed E-state index contributed by atoms with van der Waals surface area (Å²) < 4.78 is 0. The molecule has 1 aromatic heterocycles. The van der Waals surface area contributed by atoms with Crippen LogP contribution in [0.4, 0.5) is 0 Å². The van der Waals surface area contributed by atoms with Crippen molar-refractivity contribution in [3.8, 4) is 0 Å². The van der Waals surface area contributed by atoms with Gasteiger partial charge in [-0.05, 0) is 91.6 Å². The second-order valence-corrected chi connectivity index (χ2v) is 14.2. The molecule has 5 rings (SSSR count). The summed E-state index contributed by atoms with van der Waals surface area (Å²) in [6.07, 6.45) is 17.1. The predicted octanol–water partition coefficient (Wildman–Crippen LogP) is 6.82. The van der Waals surface area contributed by atoms with Crippen LogP contribution in [0.1, 0.15) is 96.2 Å². The minimum Gasteiger partial charge on any atom is -0.393 e. The maximum atomic E-state index is 11.3. The van der Waals surface area contributed by atoms with Crippen molar-refractivity contribution >= 4 is 11.3 Å². The number of fused-ring (bicyclic) bond motifs is 1. The number of hydrogen-bond donors (Lipinski definition) is 3. The van der Waals surface area contributed by atoms with E-state index in [4.69, 9.17) is 4.98 Å². The second-order valence-electron chi connectivity index (χ2n) is 13.4. The molecule has 4 aliphatic rings. The summed E-state index contributed by atoms with van der Waals surface area (Å²) in [5, 5.41) is 34.9. The van der Waals surface area contributed by atoms with E-state index in [0.29, 0.717) is 24.7 Å². The number of aromatic nitrogens is 1. The molecule has 6 atom stereocenters. The van der Waals surface area contributed by atoms with Crippen molar-refractivity contribution < 1.29 is 15.3 Å². The minimum absolute atomic E-state index is 0.00912. The van der Waals surface area contributed by atoms with E-state index in [9.17, 15) is 15.3 Å². The van der Waals surface area contributed by atoms with Crippen molar-refractivity contribution in [3.05, 3.63) is 63.7 Å². The molecule has 0 saturated heterocycles. The molecule has 4 fully saturated rings. The van der Waals surface area contributed by atoms with Crippen LogP contribution in [0.5, 0.6) is 0 Å². The molecule has 0 unspecified atom stereocenters. The molecule has 0 amide bonds. The topological polar surface area (TPSA) is 73.6 Å². The first-order valence-corrected chi connectivity index (χ1v) is 15.7. The summed E-state index contributed by atoms with van der Waals surface area (Å²) in [5.41, 5.74) is 4.45. The maximum absolute atomic E-state index is 11.3. The lowest BCUT2D eigenvalue weighted by Gasteiger charge is -2.47. The third-order valence-corrected chi connectivity index (χ3v) is 11.6. The van der Waals surface area contributed by atoms with Gasteiger partial charge >= 0.3 is 0 Å². The van der Waals surface area contributed by atoms with Crippen LogP contribution in [0, 0.1) is 22.7 Å². The fourth-order valence-corrected chi connectivity index (χ4v) is 9.23. The van der Waals surface area contributed by atoms with E-state index < -0.39 is 18.3 Å². The SMILES string of the molecule is C=C1C(=CC=C2CCC[C@]3(C)[C@@H](C(C)(C)C=C[C@@H](O)C4(c5nc(CC)cs5)CC4)CC[C@@H]23)C[C@@H](O)C[C@@H]1O. The number of nitrogens with zero attached hydrogens (tertiary/aromatic N) is 1. The molecule has 0 aliphatic heterocycles. The van der Waals surface area contributed by atoms with E-state index in [1.807, 2.05) is 0 Å². The standard InChI is InChI=1S/C33H47NO3S/c1-6-24-20-38-30(34-24)33(16-17-33)29(37)13-15-31(3,4)28-12-11-26-22(8-7-14-32(26,28)5)9-10-23-18-25(35)19-27(36)21(23)2/h9-10,13,15,20,25-29,35-37H,2,6-8,11-12,14,16-19H2,1,3-5H3/t25-,26+,27+,28-,29-,32+/m1/s1. The highest BCUT2D eigenvalue weighted by Gasteiger charge is 2.54. The van der Waals surface area contributed by atoms with Gasteiger partial charge in [-0.1, -0.05) is 64.2 Å². The normalized spacial score (nSPS) is 36.2. The largest absolute Gasteiger partial charge is 0.393 e. The number of allylic oxidation sites excluding steroid dienone is 4. The highest BCUT2D eigenvalue weighted by atomic mass is 32.1. The average molecular weight is 538 g/mol. The molecule has 5 heteroatoms. The zero-order valence-electron chi connectivity index (χ0n) is 23.7. The number of hydrogen-bond acceptors (Lipinski definition) is 5. The van der Waals surface area contributed by atoms with Crippen LogP contribution in [-0.4, -0.2) is 38.6 Å². The zero-order chi connectivity index (χ0) is 27.3. The Morgan fingerprint density at radius 1 is 1.21 bits per heavy atom. The van der Waals surface area contributed by atoms with Gasteiger partial charge in [-0.3, -0.25) is 0 Å². The van der Waals surface area contributed by atoms with Crippen LogP contribution < -0.4 is 0 Å². The molecule has 1 heterocycles. The van der Waals surface area contributed by atoms with E-state index in [1.165, 1.54) is 31.3 Å². The lowest BCUT2D eigenvalue weighted by molar-refractivity contribution is 0.0706. The van der Waals surface area contributed by atoms with Gasteiger partial charge in [0.25, 0.3) is 0 Å². The molecular formula is C33H47NO3S. The molecule has 1 aromatic rings. The van der Waals surface area contributed by atoms with Crippen molar-refractivity contribution in [1.82, 2.24) is 4.98 Å². The first kappa shape index (κ1) is 28.0. The summed E-state index contributed by atoms with van der Waals surface area (Å²) >= 11 is 1.71. The van der Waals surface area contributed by atoms with Crippen molar-refractivity contribution in [2.45, 2.75) is 116 Å². The number of rotatable bonds is 7. The Morgan fingerprint density at radius 2 is 1.97 bits per heavy atom. The summed E-state index contributed by atoms with van der Waals surface area (Å²) in [6.45, 7) is 13.5.